The van der Waals surface area contributed by atoms with Crippen LogP contribution in [0.2, 0.25) is 0 Å². The summed E-state index contributed by atoms with van der Waals surface area (Å²) in [5.74, 6) is -0.576. The molecule has 0 aliphatic carbocycles. The molecule has 0 atom stereocenters. The van der Waals surface area contributed by atoms with Crippen molar-refractivity contribution in [1.82, 2.24) is 14.9 Å². The average molecular weight is 417 g/mol. The number of hydrogen-bond acceptors (Lipinski definition) is 7. The number of nitrogen functional groups attached to an aromatic ring is 1. The average Bonchev–Trinajstić information content (AvgIpc) is 2.98. The Morgan fingerprint density at radius 1 is 1.25 bits per heavy atom. The molecule has 0 unspecified atom stereocenters. The van der Waals surface area contributed by atoms with Gasteiger partial charge in [0.1, 0.15) is 18.1 Å². The normalized spacial score (nSPS) is 15.4. The van der Waals surface area contributed by atoms with Gasteiger partial charge in [-0.05, 0) is 18.6 Å². The SMILES string of the molecule is Nc1ncccc1C(=O)c1nc(N2CCCN(C(=O)CC(F)(F)F)CC2)cs1.[HH].[HH]. The molecule has 2 aromatic heterocycles. The van der Waals surface area contributed by atoms with Crippen LogP contribution in [0.25, 0.3) is 0 Å². The highest BCUT2D eigenvalue weighted by atomic mass is 32.1. The molecule has 3 rings (SSSR count). The van der Waals surface area contributed by atoms with Gasteiger partial charge in [-0.3, -0.25) is 9.59 Å². The Hall–Kier alpha value is -2.69. The van der Waals surface area contributed by atoms with Crippen molar-refractivity contribution in [1.29, 1.82) is 0 Å². The fraction of sp³-hybridized carbons (Fsp3) is 0.412. The number of rotatable bonds is 4. The van der Waals surface area contributed by atoms with Crippen molar-refractivity contribution in [2.45, 2.75) is 19.0 Å². The molecule has 28 heavy (non-hydrogen) atoms. The van der Waals surface area contributed by atoms with Gasteiger partial charge in [0.15, 0.2) is 5.01 Å². The molecule has 0 radical (unpaired) electrons. The van der Waals surface area contributed by atoms with E-state index < -0.39 is 18.5 Å². The molecule has 1 aliphatic rings. The molecule has 1 saturated heterocycles. The highest BCUT2D eigenvalue weighted by Gasteiger charge is 2.34. The summed E-state index contributed by atoms with van der Waals surface area (Å²) in [6, 6.07) is 3.18. The number of pyridine rings is 1. The van der Waals surface area contributed by atoms with E-state index in [-0.39, 0.29) is 38.1 Å². The molecule has 0 aromatic carbocycles. The van der Waals surface area contributed by atoms with E-state index in [1.165, 1.54) is 11.1 Å². The second kappa shape index (κ2) is 8.13. The van der Waals surface area contributed by atoms with Crippen LogP contribution in [0.1, 0.15) is 31.1 Å². The van der Waals surface area contributed by atoms with Gasteiger partial charge in [-0.2, -0.15) is 13.2 Å². The van der Waals surface area contributed by atoms with Gasteiger partial charge in [-0.1, -0.05) is 0 Å². The molecule has 0 bridgehead atoms. The standard InChI is InChI=1S/C17H18F3N5O2S.2H2/c18-17(19,20)9-13(26)25-6-2-5-24(7-8-25)12-10-28-16(23-12)14(27)11-3-1-4-22-15(11)21;;/h1,3-4,10H,2,5-9H2,(H2,21,22);2*1H. The third-order valence-corrected chi connectivity index (χ3v) is 5.12. The van der Waals surface area contributed by atoms with Gasteiger partial charge in [0.25, 0.3) is 0 Å². The fourth-order valence-electron chi connectivity index (χ4n) is 2.92. The van der Waals surface area contributed by atoms with E-state index in [1.807, 2.05) is 4.90 Å². The van der Waals surface area contributed by atoms with Gasteiger partial charge < -0.3 is 15.5 Å². The molecule has 1 fully saturated rings. The summed E-state index contributed by atoms with van der Waals surface area (Å²) >= 11 is 1.16. The molecule has 1 aliphatic heterocycles. The second-order valence-electron chi connectivity index (χ2n) is 6.29. The van der Waals surface area contributed by atoms with Crippen LogP contribution in [0, 0.1) is 0 Å². The number of nitrogens with zero attached hydrogens (tertiary/aromatic N) is 4. The maximum Gasteiger partial charge on any atom is 0.397 e. The number of ketones is 1. The Morgan fingerprint density at radius 2 is 2.04 bits per heavy atom. The number of hydrogen-bond donors (Lipinski definition) is 1. The number of carbonyl (C=O) groups excluding carboxylic acids is 2. The summed E-state index contributed by atoms with van der Waals surface area (Å²) in [5, 5.41) is 1.97. The fourth-order valence-corrected chi connectivity index (χ4v) is 3.70. The predicted molar refractivity (Wildman–Crippen MR) is 103 cm³/mol. The van der Waals surface area contributed by atoms with Crippen LogP contribution in [0.5, 0.6) is 0 Å². The van der Waals surface area contributed by atoms with Crippen molar-refractivity contribution in [3.05, 3.63) is 34.3 Å². The van der Waals surface area contributed by atoms with Crippen LogP contribution >= 0.6 is 11.3 Å². The molecule has 0 saturated carbocycles. The molecular formula is C17H22F3N5O2S. The Labute approximate surface area is 165 Å². The zero-order chi connectivity index (χ0) is 20.3. The van der Waals surface area contributed by atoms with E-state index >= 15 is 0 Å². The van der Waals surface area contributed by atoms with Gasteiger partial charge in [0.05, 0.1) is 5.56 Å². The number of alkyl halides is 3. The number of nitrogens with two attached hydrogens (primary N) is 1. The number of aromatic nitrogens is 2. The minimum Gasteiger partial charge on any atom is -0.383 e. The summed E-state index contributed by atoms with van der Waals surface area (Å²) in [6.45, 7) is 1.30. The van der Waals surface area contributed by atoms with Crippen molar-refractivity contribution in [3.63, 3.8) is 0 Å². The number of anilines is 2. The number of halogens is 3. The molecule has 2 N–H and O–H groups in total. The van der Waals surface area contributed by atoms with E-state index in [9.17, 15) is 22.8 Å². The Bertz CT molecular complexity index is 881. The lowest BCUT2D eigenvalue weighted by atomic mass is 10.2. The molecule has 11 heteroatoms. The Morgan fingerprint density at radius 3 is 2.75 bits per heavy atom. The van der Waals surface area contributed by atoms with E-state index in [0.717, 1.165) is 11.3 Å². The number of thiazole rings is 1. The highest BCUT2D eigenvalue weighted by Crippen LogP contribution is 2.25. The Balaban J connectivity index is 0.00000225. The van der Waals surface area contributed by atoms with Crippen LogP contribution in [0.15, 0.2) is 23.7 Å². The first-order chi connectivity index (χ1) is 13.2. The maximum absolute atomic E-state index is 12.6. The van der Waals surface area contributed by atoms with Gasteiger partial charge in [-0.15, -0.1) is 11.3 Å². The molecule has 3 heterocycles. The highest BCUT2D eigenvalue weighted by molar-refractivity contribution is 7.12. The second-order valence-corrected chi connectivity index (χ2v) is 7.15. The Kier molecular flexibility index (Phi) is 5.82. The lowest BCUT2D eigenvalue weighted by molar-refractivity contribution is -0.161. The molecular weight excluding hydrogens is 395 g/mol. The maximum atomic E-state index is 12.6. The van der Waals surface area contributed by atoms with E-state index in [1.54, 1.807) is 17.5 Å². The van der Waals surface area contributed by atoms with Gasteiger partial charge in [-0.25, -0.2) is 9.97 Å². The molecule has 0 spiro atoms. The minimum atomic E-state index is -4.51. The summed E-state index contributed by atoms with van der Waals surface area (Å²) in [6.07, 6.45) is -3.96. The quantitative estimate of drug-likeness (QED) is 0.769. The zero-order valence-electron chi connectivity index (χ0n) is 14.8. The predicted octanol–water partition coefficient (Wildman–Crippen LogP) is 2.83. The monoisotopic (exact) mass is 417 g/mol. The largest absolute Gasteiger partial charge is 0.397 e. The van der Waals surface area contributed by atoms with Crippen LogP contribution < -0.4 is 10.6 Å². The first-order valence-corrected chi connectivity index (χ1v) is 9.43. The molecule has 7 nitrogen and oxygen atoms in total. The lowest BCUT2D eigenvalue weighted by Gasteiger charge is -2.22. The third kappa shape index (κ3) is 4.77. The summed E-state index contributed by atoms with van der Waals surface area (Å²) < 4.78 is 37.3. The topological polar surface area (TPSA) is 92.4 Å². The van der Waals surface area contributed by atoms with Gasteiger partial charge in [0.2, 0.25) is 11.7 Å². The molecule has 154 valence electrons. The van der Waals surface area contributed by atoms with Crippen LogP contribution in [-0.4, -0.2) is 58.9 Å². The van der Waals surface area contributed by atoms with E-state index in [0.29, 0.717) is 25.3 Å². The third-order valence-electron chi connectivity index (χ3n) is 4.29. The number of amides is 1. The van der Waals surface area contributed by atoms with Crippen molar-refractivity contribution in [3.8, 4) is 0 Å². The summed E-state index contributed by atoms with van der Waals surface area (Å²) in [4.78, 5) is 35.7. The summed E-state index contributed by atoms with van der Waals surface area (Å²) in [7, 11) is 0. The smallest absolute Gasteiger partial charge is 0.383 e. The van der Waals surface area contributed by atoms with Crippen molar-refractivity contribution < 1.29 is 25.6 Å². The molecule has 1 amide bonds. The first kappa shape index (κ1) is 20.1. The van der Waals surface area contributed by atoms with Crippen molar-refractivity contribution >= 4 is 34.7 Å². The van der Waals surface area contributed by atoms with Gasteiger partial charge in [0, 0.05) is 40.6 Å². The van der Waals surface area contributed by atoms with Crippen molar-refractivity contribution in [2.24, 2.45) is 0 Å². The van der Waals surface area contributed by atoms with E-state index in [2.05, 4.69) is 9.97 Å². The van der Waals surface area contributed by atoms with Gasteiger partial charge >= 0.3 is 6.18 Å². The van der Waals surface area contributed by atoms with Crippen LogP contribution in [0.3, 0.4) is 0 Å². The molecule has 2 aromatic rings. The van der Waals surface area contributed by atoms with Crippen LogP contribution in [-0.2, 0) is 4.79 Å². The zero-order valence-corrected chi connectivity index (χ0v) is 15.6. The summed E-state index contributed by atoms with van der Waals surface area (Å²) in [5.41, 5.74) is 6.00. The van der Waals surface area contributed by atoms with E-state index in [4.69, 9.17) is 5.73 Å². The van der Waals surface area contributed by atoms with Crippen LogP contribution in [0.4, 0.5) is 24.8 Å². The number of carbonyl (C=O) groups is 2. The first-order valence-electron chi connectivity index (χ1n) is 8.55. The minimum absolute atomic E-state index is 0. The lowest BCUT2D eigenvalue weighted by Crippen LogP contribution is -2.37. The van der Waals surface area contributed by atoms with Crippen molar-refractivity contribution in [2.75, 3.05) is 36.8 Å².